The molecule has 4 nitrogen and oxygen atoms in total. The molecule has 1 aromatic rings. The first kappa shape index (κ1) is 13.5. The summed E-state index contributed by atoms with van der Waals surface area (Å²) in [7, 11) is 0. The molecule has 0 aromatic heterocycles. The summed E-state index contributed by atoms with van der Waals surface area (Å²) < 4.78 is 25.1. The Morgan fingerprint density at radius 1 is 1.15 bits per heavy atom. The summed E-state index contributed by atoms with van der Waals surface area (Å²) >= 11 is 0. The molecule has 5 heteroatoms. The van der Waals surface area contributed by atoms with Crippen LogP contribution in [0.4, 0.5) is 4.39 Å². The lowest BCUT2D eigenvalue weighted by Gasteiger charge is -2.43. The maximum Gasteiger partial charge on any atom is 0.256 e. The predicted molar refractivity (Wildman–Crippen MR) is 70.8 cm³/mol. The van der Waals surface area contributed by atoms with Gasteiger partial charge in [0.05, 0.1) is 18.8 Å². The van der Waals surface area contributed by atoms with Crippen molar-refractivity contribution in [3.63, 3.8) is 0 Å². The summed E-state index contributed by atoms with van der Waals surface area (Å²) in [6.45, 7) is 2.49. The van der Waals surface area contributed by atoms with Crippen LogP contribution in [0.1, 0.15) is 29.6 Å². The minimum Gasteiger partial charge on any atom is -0.350 e. The van der Waals surface area contributed by atoms with E-state index in [0.717, 1.165) is 6.42 Å². The van der Waals surface area contributed by atoms with E-state index in [-0.39, 0.29) is 11.5 Å². The minimum atomic E-state index is -0.524. The van der Waals surface area contributed by atoms with Crippen molar-refractivity contribution in [1.82, 2.24) is 4.90 Å². The summed E-state index contributed by atoms with van der Waals surface area (Å²) in [5.74, 6) is -1.25. The number of nitrogens with zero attached hydrogens (tertiary/aromatic N) is 1. The molecule has 2 fully saturated rings. The Morgan fingerprint density at radius 2 is 1.80 bits per heavy atom. The molecule has 20 heavy (non-hydrogen) atoms. The Kier molecular flexibility index (Phi) is 3.72. The molecule has 1 spiro atoms. The SMILES string of the molecule is O=C(c1ccccc1F)N1CCC2(CC1)OCCCO2. The maximum absolute atomic E-state index is 13.6. The van der Waals surface area contributed by atoms with Gasteiger partial charge in [0.1, 0.15) is 5.82 Å². The van der Waals surface area contributed by atoms with Gasteiger partial charge < -0.3 is 14.4 Å². The van der Waals surface area contributed by atoms with Crippen LogP contribution in [0.25, 0.3) is 0 Å². The van der Waals surface area contributed by atoms with Gasteiger partial charge in [0, 0.05) is 25.9 Å². The molecule has 0 atom stereocenters. The highest BCUT2D eigenvalue weighted by molar-refractivity contribution is 5.94. The van der Waals surface area contributed by atoms with Gasteiger partial charge in [-0.15, -0.1) is 0 Å². The van der Waals surface area contributed by atoms with Crippen molar-refractivity contribution in [3.05, 3.63) is 35.6 Å². The molecule has 0 bridgehead atoms. The van der Waals surface area contributed by atoms with Crippen LogP contribution in [0.15, 0.2) is 24.3 Å². The number of piperidine rings is 1. The van der Waals surface area contributed by atoms with Crippen molar-refractivity contribution < 1.29 is 18.7 Å². The van der Waals surface area contributed by atoms with E-state index >= 15 is 0 Å². The number of hydrogen-bond donors (Lipinski definition) is 0. The van der Waals surface area contributed by atoms with E-state index in [1.165, 1.54) is 12.1 Å². The van der Waals surface area contributed by atoms with Crippen LogP contribution in [0.2, 0.25) is 0 Å². The highest BCUT2D eigenvalue weighted by Gasteiger charge is 2.39. The number of hydrogen-bond acceptors (Lipinski definition) is 3. The highest BCUT2D eigenvalue weighted by Crippen LogP contribution is 2.31. The van der Waals surface area contributed by atoms with Gasteiger partial charge >= 0.3 is 0 Å². The van der Waals surface area contributed by atoms with Crippen molar-refractivity contribution >= 4 is 5.91 Å². The van der Waals surface area contributed by atoms with Crippen LogP contribution < -0.4 is 0 Å². The van der Waals surface area contributed by atoms with E-state index in [4.69, 9.17) is 9.47 Å². The van der Waals surface area contributed by atoms with Crippen molar-refractivity contribution in [2.24, 2.45) is 0 Å². The Balaban J connectivity index is 1.66. The van der Waals surface area contributed by atoms with Crippen LogP contribution in [0.3, 0.4) is 0 Å². The van der Waals surface area contributed by atoms with Crippen LogP contribution in [0.5, 0.6) is 0 Å². The first-order valence-corrected chi connectivity index (χ1v) is 7.02. The van der Waals surface area contributed by atoms with E-state index in [1.54, 1.807) is 17.0 Å². The molecule has 0 unspecified atom stereocenters. The van der Waals surface area contributed by atoms with Crippen LogP contribution >= 0.6 is 0 Å². The van der Waals surface area contributed by atoms with Crippen LogP contribution in [-0.2, 0) is 9.47 Å². The molecule has 0 saturated carbocycles. The third-order valence-electron chi connectivity index (χ3n) is 3.94. The Morgan fingerprint density at radius 3 is 2.45 bits per heavy atom. The van der Waals surface area contributed by atoms with Gasteiger partial charge in [0.2, 0.25) is 0 Å². The van der Waals surface area contributed by atoms with Gasteiger partial charge in [-0.3, -0.25) is 4.79 Å². The highest BCUT2D eigenvalue weighted by atomic mass is 19.1. The Hall–Kier alpha value is -1.46. The van der Waals surface area contributed by atoms with Gasteiger partial charge in [0.25, 0.3) is 5.91 Å². The van der Waals surface area contributed by atoms with Crippen molar-refractivity contribution in [2.45, 2.75) is 25.0 Å². The first-order chi connectivity index (χ1) is 9.70. The lowest BCUT2D eigenvalue weighted by molar-refractivity contribution is -0.281. The number of carbonyl (C=O) groups excluding carboxylic acids is 1. The molecule has 2 aliphatic rings. The zero-order valence-electron chi connectivity index (χ0n) is 11.3. The average molecular weight is 279 g/mol. The van der Waals surface area contributed by atoms with Crippen molar-refractivity contribution in [3.8, 4) is 0 Å². The van der Waals surface area contributed by atoms with E-state index in [0.29, 0.717) is 39.1 Å². The number of rotatable bonds is 1. The minimum absolute atomic E-state index is 0.133. The molecule has 3 rings (SSSR count). The van der Waals surface area contributed by atoms with Gasteiger partial charge in [-0.25, -0.2) is 4.39 Å². The third kappa shape index (κ3) is 2.55. The fraction of sp³-hybridized carbons (Fsp3) is 0.533. The summed E-state index contributed by atoms with van der Waals surface area (Å²) in [4.78, 5) is 14.0. The topological polar surface area (TPSA) is 38.8 Å². The molecule has 2 heterocycles. The Bertz CT molecular complexity index is 490. The Labute approximate surface area is 117 Å². The number of benzene rings is 1. The zero-order valence-corrected chi connectivity index (χ0v) is 11.3. The van der Waals surface area contributed by atoms with Gasteiger partial charge in [-0.05, 0) is 18.6 Å². The average Bonchev–Trinajstić information content (AvgIpc) is 2.49. The van der Waals surface area contributed by atoms with Gasteiger partial charge in [-0.1, -0.05) is 12.1 Å². The molecule has 2 saturated heterocycles. The molecule has 2 aliphatic heterocycles. The number of halogens is 1. The number of likely N-dealkylation sites (tertiary alicyclic amines) is 1. The summed E-state index contributed by atoms with van der Waals surface area (Å²) in [5.41, 5.74) is 0.133. The van der Waals surface area contributed by atoms with Crippen LogP contribution in [-0.4, -0.2) is 42.9 Å². The zero-order chi connectivity index (χ0) is 14.0. The van der Waals surface area contributed by atoms with E-state index in [2.05, 4.69) is 0 Å². The normalized spacial score (nSPS) is 21.9. The van der Waals surface area contributed by atoms with E-state index in [1.807, 2.05) is 0 Å². The van der Waals surface area contributed by atoms with Gasteiger partial charge in [0.15, 0.2) is 5.79 Å². The first-order valence-electron chi connectivity index (χ1n) is 7.02. The van der Waals surface area contributed by atoms with Crippen LogP contribution in [0, 0.1) is 5.82 Å². The molecule has 108 valence electrons. The van der Waals surface area contributed by atoms with Gasteiger partial charge in [-0.2, -0.15) is 0 Å². The van der Waals surface area contributed by atoms with Crippen molar-refractivity contribution in [2.75, 3.05) is 26.3 Å². The van der Waals surface area contributed by atoms with E-state index in [9.17, 15) is 9.18 Å². The summed E-state index contributed by atoms with van der Waals surface area (Å²) in [5, 5.41) is 0. The second-order valence-electron chi connectivity index (χ2n) is 5.23. The molecule has 0 radical (unpaired) electrons. The fourth-order valence-corrected chi connectivity index (χ4v) is 2.76. The largest absolute Gasteiger partial charge is 0.350 e. The second kappa shape index (κ2) is 5.50. The lowest BCUT2D eigenvalue weighted by atomic mass is 10.0. The molecular formula is C15H18FNO3. The standard InChI is InChI=1S/C15H18FNO3/c16-13-5-2-1-4-12(13)14(18)17-8-6-15(7-9-17)19-10-3-11-20-15/h1-2,4-5H,3,6-11H2. The second-order valence-corrected chi connectivity index (χ2v) is 5.23. The lowest BCUT2D eigenvalue weighted by Crippen LogP contribution is -2.51. The monoisotopic (exact) mass is 279 g/mol. The summed E-state index contributed by atoms with van der Waals surface area (Å²) in [6.07, 6.45) is 2.21. The molecule has 0 N–H and O–H groups in total. The number of ether oxygens (including phenoxy) is 2. The molecule has 0 aliphatic carbocycles. The smallest absolute Gasteiger partial charge is 0.256 e. The third-order valence-corrected chi connectivity index (χ3v) is 3.94. The fourth-order valence-electron chi connectivity index (χ4n) is 2.76. The summed E-state index contributed by atoms with van der Waals surface area (Å²) in [6, 6.07) is 6.10. The molecule has 1 amide bonds. The molecular weight excluding hydrogens is 261 g/mol. The predicted octanol–water partition coefficient (Wildman–Crippen LogP) is 2.19. The quantitative estimate of drug-likeness (QED) is 0.791. The maximum atomic E-state index is 13.6. The van der Waals surface area contributed by atoms with E-state index < -0.39 is 11.6 Å². The number of amides is 1. The molecule has 1 aromatic carbocycles. The van der Waals surface area contributed by atoms with Crippen molar-refractivity contribution in [1.29, 1.82) is 0 Å². The number of carbonyl (C=O) groups is 1.